The molecule has 0 fully saturated rings. The monoisotopic (exact) mass is 273 g/mol. The van der Waals surface area contributed by atoms with Gasteiger partial charge in [0, 0.05) is 17.3 Å². The third kappa shape index (κ3) is 3.72. The molecule has 1 aromatic carbocycles. The van der Waals surface area contributed by atoms with E-state index in [1.165, 1.54) is 11.8 Å². The third-order valence-corrected chi connectivity index (χ3v) is 3.66. The number of nitrogens with zero attached hydrogens (tertiary/aromatic N) is 1. The highest BCUT2D eigenvalue weighted by atomic mass is 32.2. The predicted molar refractivity (Wildman–Crippen MR) is 79.0 cm³/mol. The summed E-state index contributed by atoms with van der Waals surface area (Å²) in [5, 5.41) is 2.62. The molecule has 3 N–H and O–H groups in total. The minimum Gasteiger partial charge on any atom is -0.397 e. The highest BCUT2D eigenvalue weighted by Gasteiger charge is 2.15. The molecule has 1 amide bonds. The highest BCUT2D eigenvalue weighted by Crippen LogP contribution is 2.24. The molecule has 98 valence electrons. The Labute approximate surface area is 116 Å². The van der Waals surface area contributed by atoms with Gasteiger partial charge in [0.25, 0.3) is 0 Å². The van der Waals surface area contributed by atoms with Crippen LogP contribution in [0.3, 0.4) is 0 Å². The first-order chi connectivity index (χ1) is 9.16. The van der Waals surface area contributed by atoms with Gasteiger partial charge in [0.1, 0.15) is 0 Å². The van der Waals surface area contributed by atoms with E-state index >= 15 is 0 Å². The number of nitrogens with one attached hydrogen (secondary N) is 1. The number of rotatable bonds is 4. The van der Waals surface area contributed by atoms with E-state index < -0.39 is 0 Å². The normalized spacial score (nSPS) is 11.8. The number of anilines is 2. The third-order valence-electron chi connectivity index (χ3n) is 2.55. The van der Waals surface area contributed by atoms with Gasteiger partial charge in [-0.15, -0.1) is 11.8 Å². The second-order valence-corrected chi connectivity index (χ2v) is 5.43. The zero-order valence-corrected chi connectivity index (χ0v) is 11.4. The molecule has 1 aromatic heterocycles. The smallest absolute Gasteiger partial charge is 0.237 e. The van der Waals surface area contributed by atoms with Crippen molar-refractivity contribution in [2.45, 2.75) is 17.1 Å². The maximum Gasteiger partial charge on any atom is 0.237 e. The minimum absolute atomic E-state index is 0.0697. The summed E-state index contributed by atoms with van der Waals surface area (Å²) in [6.45, 7) is 1.86. The maximum atomic E-state index is 12.1. The molecule has 0 bridgehead atoms. The van der Waals surface area contributed by atoms with Gasteiger partial charge in [0.2, 0.25) is 5.91 Å². The summed E-state index contributed by atoms with van der Waals surface area (Å²) in [6, 6.07) is 11.0. The minimum atomic E-state index is -0.206. The summed E-state index contributed by atoms with van der Waals surface area (Å²) in [5.41, 5.74) is 7.01. The molecule has 0 aliphatic rings. The molecule has 1 unspecified atom stereocenters. The van der Waals surface area contributed by atoms with Crippen LogP contribution in [-0.2, 0) is 4.79 Å². The Kier molecular flexibility index (Phi) is 4.41. The van der Waals surface area contributed by atoms with Gasteiger partial charge in [-0.2, -0.15) is 0 Å². The number of nitrogen functional groups attached to an aromatic ring is 1. The van der Waals surface area contributed by atoms with Gasteiger partial charge in [0.15, 0.2) is 0 Å². The number of pyridine rings is 1. The summed E-state index contributed by atoms with van der Waals surface area (Å²) >= 11 is 1.48. The van der Waals surface area contributed by atoms with Crippen molar-refractivity contribution in [1.82, 2.24) is 4.98 Å². The van der Waals surface area contributed by atoms with Crippen LogP contribution in [0.25, 0.3) is 0 Å². The van der Waals surface area contributed by atoms with Crippen LogP contribution in [0.5, 0.6) is 0 Å². The van der Waals surface area contributed by atoms with Crippen LogP contribution < -0.4 is 11.1 Å². The van der Waals surface area contributed by atoms with Crippen LogP contribution >= 0.6 is 11.8 Å². The largest absolute Gasteiger partial charge is 0.397 e. The molecule has 5 heteroatoms. The Hall–Kier alpha value is -2.01. The number of aromatic nitrogens is 1. The fraction of sp³-hybridized carbons (Fsp3) is 0.143. The quantitative estimate of drug-likeness (QED) is 0.664. The van der Waals surface area contributed by atoms with E-state index in [0.29, 0.717) is 11.4 Å². The molecule has 0 saturated carbocycles. The molecule has 0 saturated heterocycles. The van der Waals surface area contributed by atoms with Crippen LogP contribution in [-0.4, -0.2) is 16.1 Å². The Morgan fingerprint density at radius 2 is 1.95 bits per heavy atom. The number of para-hydroxylation sites is 2. The summed E-state index contributed by atoms with van der Waals surface area (Å²) < 4.78 is 0. The standard InChI is InChI=1S/C14H15N3OS/c1-10(19-11-6-8-16-9-7-11)14(18)17-13-5-3-2-4-12(13)15/h2-10H,15H2,1H3,(H,17,18). The van der Waals surface area contributed by atoms with Gasteiger partial charge in [-0.1, -0.05) is 12.1 Å². The van der Waals surface area contributed by atoms with E-state index in [1.54, 1.807) is 24.5 Å². The zero-order chi connectivity index (χ0) is 13.7. The Balaban J connectivity index is 1.99. The highest BCUT2D eigenvalue weighted by molar-refractivity contribution is 8.00. The zero-order valence-electron chi connectivity index (χ0n) is 10.5. The van der Waals surface area contributed by atoms with Gasteiger partial charge in [-0.25, -0.2) is 0 Å². The summed E-state index contributed by atoms with van der Waals surface area (Å²) in [6.07, 6.45) is 3.42. The van der Waals surface area contributed by atoms with Crippen LogP contribution in [0, 0.1) is 0 Å². The van der Waals surface area contributed by atoms with E-state index in [-0.39, 0.29) is 11.2 Å². The van der Waals surface area contributed by atoms with Crippen molar-refractivity contribution in [3.8, 4) is 0 Å². The second kappa shape index (κ2) is 6.24. The van der Waals surface area contributed by atoms with Gasteiger partial charge in [-0.05, 0) is 31.2 Å². The fourth-order valence-corrected chi connectivity index (χ4v) is 2.37. The fourth-order valence-electron chi connectivity index (χ4n) is 1.52. The van der Waals surface area contributed by atoms with E-state index in [9.17, 15) is 4.79 Å². The second-order valence-electron chi connectivity index (χ2n) is 4.02. The lowest BCUT2D eigenvalue weighted by molar-refractivity contribution is -0.115. The van der Waals surface area contributed by atoms with E-state index in [4.69, 9.17) is 5.73 Å². The van der Waals surface area contributed by atoms with Gasteiger partial charge in [0.05, 0.1) is 16.6 Å². The van der Waals surface area contributed by atoms with Crippen LogP contribution in [0.4, 0.5) is 11.4 Å². The molecule has 0 aliphatic carbocycles. The predicted octanol–water partition coefficient (Wildman–Crippen LogP) is 2.78. The molecule has 0 radical (unpaired) electrons. The van der Waals surface area contributed by atoms with E-state index in [2.05, 4.69) is 10.3 Å². The molecule has 0 spiro atoms. The molecular weight excluding hydrogens is 258 g/mol. The van der Waals surface area contributed by atoms with Crippen molar-refractivity contribution < 1.29 is 4.79 Å². The average Bonchev–Trinajstić information content (AvgIpc) is 2.42. The average molecular weight is 273 g/mol. The lowest BCUT2D eigenvalue weighted by atomic mass is 10.2. The maximum absolute atomic E-state index is 12.1. The van der Waals surface area contributed by atoms with Crippen molar-refractivity contribution in [2.24, 2.45) is 0 Å². The van der Waals surface area contributed by atoms with Gasteiger partial charge in [-0.3, -0.25) is 9.78 Å². The number of benzene rings is 1. The van der Waals surface area contributed by atoms with Crippen molar-refractivity contribution in [2.75, 3.05) is 11.1 Å². The molecule has 0 aliphatic heterocycles. The van der Waals surface area contributed by atoms with Crippen molar-refractivity contribution in [3.05, 3.63) is 48.8 Å². The molecule has 2 rings (SSSR count). The van der Waals surface area contributed by atoms with Gasteiger partial charge >= 0.3 is 0 Å². The summed E-state index contributed by atoms with van der Waals surface area (Å²) in [7, 11) is 0. The molecule has 1 heterocycles. The summed E-state index contributed by atoms with van der Waals surface area (Å²) in [5.74, 6) is -0.0697. The molecule has 2 aromatic rings. The lowest BCUT2D eigenvalue weighted by Gasteiger charge is -2.13. The number of hydrogen-bond acceptors (Lipinski definition) is 4. The number of amides is 1. The number of carbonyl (C=O) groups is 1. The van der Waals surface area contributed by atoms with E-state index in [1.807, 2.05) is 31.2 Å². The number of carbonyl (C=O) groups excluding carboxylic acids is 1. The van der Waals surface area contributed by atoms with Gasteiger partial charge < -0.3 is 11.1 Å². The molecule has 1 atom stereocenters. The Morgan fingerprint density at radius 3 is 2.63 bits per heavy atom. The van der Waals surface area contributed by atoms with Crippen LogP contribution in [0.1, 0.15) is 6.92 Å². The first-order valence-corrected chi connectivity index (χ1v) is 6.77. The lowest BCUT2D eigenvalue weighted by Crippen LogP contribution is -2.22. The van der Waals surface area contributed by atoms with Crippen molar-refractivity contribution >= 4 is 29.0 Å². The summed E-state index contributed by atoms with van der Waals surface area (Å²) in [4.78, 5) is 17.0. The first kappa shape index (κ1) is 13.4. The van der Waals surface area contributed by atoms with E-state index in [0.717, 1.165) is 4.90 Å². The molecular formula is C14H15N3OS. The SMILES string of the molecule is CC(Sc1ccncc1)C(=O)Nc1ccccc1N. The van der Waals surface area contributed by atoms with Crippen LogP contribution in [0.2, 0.25) is 0 Å². The van der Waals surface area contributed by atoms with Crippen LogP contribution in [0.15, 0.2) is 53.7 Å². The number of thioether (sulfide) groups is 1. The first-order valence-electron chi connectivity index (χ1n) is 5.89. The van der Waals surface area contributed by atoms with Crippen molar-refractivity contribution in [3.63, 3.8) is 0 Å². The molecule has 19 heavy (non-hydrogen) atoms. The number of nitrogens with two attached hydrogens (primary N) is 1. The Morgan fingerprint density at radius 1 is 1.26 bits per heavy atom. The number of hydrogen-bond donors (Lipinski definition) is 2. The Bertz CT molecular complexity index is 560. The topological polar surface area (TPSA) is 68.0 Å². The molecule has 4 nitrogen and oxygen atoms in total. The van der Waals surface area contributed by atoms with Crippen molar-refractivity contribution in [1.29, 1.82) is 0 Å².